The van der Waals surface area contributed by atoms with E-state index >= 15 is 0 Å². The normalized spacial score (nSPS) is 42.2. The van der Waals surface area contributed by atoms with Gasteiger partial charge >= 0.3 is 5.97 Å². The van der Waals surface area contributed by atoms with E-state index in [4.69, 9.17) is 4.74 Å². The molecule has 0 spiro atoms. The summed E-state index contributed by atoms with van der Waals surface area (Å²) in [5.74, 6) is -5.09. The second-order valence-electron chi connectivity index (χ2n) is 11.7. The fraction of sp³-hybridized carbons (Fsp3) is 0.552. The van der Waals surface area contributed by atoms with Gasteiger partial charge in [0, 0.05) is 48.0 Å². The number of esters is 1. The van der Waals surface area contributed by atoms with Gasteiger partial charge in [-0.1, -0.05) is 63.3 Å². The highest BCUT2D eigenvalue weighted by Gasteiger charge is 2.87. The molecule has 3 N–H and O–H groups in total. The van der Waals surface area contributed by atoms with Crippen molar-refractivity contribution in [1.82, 2.24) is 0 Å². The van der Waals surface area contributed by atoms with Crippen molar-refractivity contribution in [3.8, 4) is 0 Å². The van der Waals surface area contributed by atoms with Crippen molar-refractivity contribution < 1.29 is 34.4 Å². The number of fused-ring (bicyclic) bond motifs is 5. The molecule has 192 valence electrons. The number of rotatable bonds is 4. The number of benzene rings is 1. The van der Waals surface area contributed by atoms with Gasteiger partial charge in [-0.3, -0.25) is 14.4 Å². The van der Waals surface area contributed by atoms with Crippen LogP contribution in [-0.2, 0) is 14.3 Å². The van der Waals surface area contributed by atoms with Crippen LogP contribution >= 0.6 is 0 Å². The van der Waals surface area contributed by atoms with Gasteiger partial charge in [0.25, 0.3) is 0 Å². The lowest BCUT2D eigenvalue weighted by Crippen LogP contribution is -2.65. The first-order valence-corrected chi connectivity index (χ1v) is 12.6. The van der Waals surface area contributed by atoms with Crippen LogP contribution in [0.1, 0.15) is 51.4 Å². The van der Waals surface area contributed by atoms with Gasteiger partial charge in [-0.15, -0.1) is 0 Å². The summed E-state index contributed by atoms with van der Waals surface area (Å²) in [4.78, 5) is 39.8. The third kappa shape index (κ3) is 2.88. The number of carbonyl (C=O) groups is 3. The first kappa shape index (κ1) is 25.1. The zero-order chi connectivity index (χ0) is 26.4. The second kappa shape index (κ2) is 7.70. The molecule has 0 bridgehead atoms. The van der Waals surface area contributed by atoms with Gasteiger partial charge in [0.05, 0.1) is 18.1 Å². The highest BCUT2D eigenvalue weighted by molar-refractivity contribution is 6.05. The van der Waals surface area contributed by atoms with Crippen molar-refractivity contribution >= 4 is 17.5 Å². The molecule has 0 unspecified atom stereocenters. The molecule has 0 heterocycles. The van der Waals surface area contributed by atoms with E-state index < -0.39 is 63.6 Å². The summed E-state index contributed by atoms with van der Waals surface area (Å²) in [6, 6.07) is 8.73. The molecule has 1 aromatic carbocycles. The van der Waals surface area contributed by atoms with Gasteiger partial charge in [-0.2, -0.15) is 0 Å². The van der Waals surface area contributed by atoms with Crippen molar-refractivity contribution in [3.05, 3.63) is 59.2 Å². The highest BCUT2D eigenvalue weighted by atomic mass is 16.6. The van der Waals surface area contributed by atoms with Crippen LogP contribution in [0.2, 0.25) is 0 Å². The Morgan fingerprint density at radius 3 is 2.33 bits per heavy atom. The van der Waals surface area contributed by atoms with Crippen LogP contribution in [0.25, 0.3) is 0 Å². The summed E-state index contributed by atoms with van der Waals surface area (Å²) >= 11 is 0. The first-order valence-electron chi connectivity index (χ1n) is 12.6. The lowest BCUT2D eigenvalue weighted by molar-refractivity contribution is -0.196. The molecule has 1 aromatic rings. The van der Waals surface area contributed by atoms with Crippen molar-refractivity contribution in [2.45, 2.75) is 57.8 Å². The van der Waals surface area contributed by atoms with Crippen LogP contribution in [0.4, 0.5) is 0 Å². The number of hydrogen-bond acceptors (Lipinski definition) is 7. The Labute approximate surface area is 210 Å². The fourth-order valence-electron chi connectivity index (χ4n) is 8.16. The molecule has 4 aliphatic carbocycles. The zero-order valence-corrected chi connectivity index (χ0v) is 21.3. The molecular formula is C29H34O7. The second-order valence-corrected chi connectivity index (χ2v) is 11.7. The van der Waals surface area contributed by atoms with Gasteiger partial charge < -0.3 is 20.1 Å². The molecule has 5 rings (SSSR count). The zero-order valence-electron chi connectivity index (χ0n) is 21.3. The molecular weight excluding hydrogens is 460 g/mol. The van der Waals surface area contributed by atoms with Crippen molar-refractivity contribution in [2.75, 3.05) is 6.61 Å². The number of aliphatic hydroxyl groups excluding tert-OH is 1. The minimum absolute atomic E-state index is 0.114. The van der Waals surface area contributed by atoms with Crippen molar-refractivity contribution in [3.63, 3.8) is 0 Å². The van der Waals surface area contributed by atoms with Crippen molar-refractivity contribution in [1.29, 1.82) is 0 Å². The summed E-state index contributed by atoms with van der Waals surface area (Å²) in [7, 11) is 0. The standard InChI is InChI=1S/C29H34O7/c1-15-11-21-27(34,25(15)33)13-18(14-30)12-20-24-26(4,5)29(24,36-17(3)31)22(16(2)28(20,21)35)23(32)19-9-7-6-8-10-19/h6-12,16,20-22,24,30,34-35H,13-14H2,1-5H3/t16-,20+,21-,22+,24-,27+,28-,29+/m1/s1. The number of ether oxygens (including phenoxy) is 1. The molecule has 4 aliphatic rings. The van der Waals surface area contributed by atoms with E-state index in [1.807, 2.05) is 13.8 Å². The van der Waals surface area contributed by atoms with Gasteiger partial charge in [0.15, 0.2) is 11.6 Å². The molecule has 7 nitrogen and oxygen atoms in total. The maximum Gasteiger partial charge on any atom is 0.303 e. The average molecular weight is 495 g/mol. The summed E-state index contributed by atoms with van der Waals surface area (Å²) < 4.78 is 6.07. The largest absolute Gasteiger partial charge is 0.458 e. The van der Waals surface area contributed by atoms with E-state index in [-0.39, 0.29) is 18.8 Å². The van der Waals surface area contributed by atoms with Gasteiger partial charge in [-0.25, -0.2) is 0 Å². The van der Waals surface area contributed by atoms with Gasteiger partial charge in [0.1, 0.15) is 11.2 Å². The Morgan fingerprint density at radius 2 is 1.75 bits per heavy atom. The fourth-order valence-corrected chi connectivity index (χ4v) is 8.16. The molecule has 0 aromatic heterocycles. The topological polar surface area (TPSA) is 121 Å². The van der Waals surface area contributed by atoms with Crippen LogP contribution in [0.5, 0.6) is 0 Å². The SMILES string of the molecule is CC(=O)O[C@@]12[C@H](C(=O)c3ccccc3)[C@@H](C)[C@@]3(O)[C@@H](C=C(CO)C[C@@]4(O)C(=O)C(C)=C[C@@H]34)[C@@H]1C2(C)C. The average Bonchev–Trinajstić information content (AvgIpc) is 3.24. The number of carbonyl (C=O) groups excluding carboxylic acids is 3. The quantitative estimate of drug-likeness (QED) is 0.334. The first-order chi connectivity index (χ1) is 16.8. The number of hydrogen-bond donors (Lipinski definition) is 3. The number of Topliss-reactive ketones (excluding diaryl/α,β-unsaturated/α-hetero) is 2. The predicted molar refractivity (Wildman–Crippen MR) is 131 cm³/mol. The summed E-state index contributed by atoms with van der Waals surface area (Å²) in [5, 5.41) is 34.6. The Bertz CT molecular complexity index is 1210. The molecule has 0 radical (unpaired) electrons. The summed E-state index contributed by atoms with van der Waals surface area (Å²) in [5.41, 5.74) is -4.30. The lowest BCUT2D eigenvalue weighted by atomic mass is 9.55. The van der Waals surface area contributed by atoms with E-state index in [0.717, 1.165) is 0 Å². The molecule has 7 heteroatoms. The monoisotopic (exact) mass is 494 g/mol. The van der Waals surface area contributed by atoms with Crippen LogP contribution in [-0.4, -0.2) is 56.3 Å². The maximum absolute atomic E-state index is 14.1. The number of aliphatic hydroxyl groups is 3. The molecule has 0 saturated heterocycles. The van der Waals surface area contributed by atoms with Gasteiger partial charge in [0.2, 0.25) is 0 Å². The van der Waals surface area contributed by atoms with Crippen LogP contribution < -0.4 is 0 Å². The Kier molecular flexibility index (Phi) is 5.36. The molecule has 2 saturated carbocycles. The Morgan fingerprint density at radius 1 is 1.11 bits per heavy atom. The molecule has 0 amide bonds. The van der Waals surface area contributed by atoms with E-state index in [9.17, 15) is 29.7 Å². The minimum Gasteiger partial charge on any atom is -0.458 e. The van der Waals surface area contributed by atoms with E-state index in [1.54, 1.807) is 56.3 Å². The van der Waals surface area contributed by atoms with Crippen LogP contribution in [0.3, 0.4) is 0 Å². The van der Waals surface area contributed by atoms with E-state index in [2.05, 4.69) is 0 Å². The third-order valence-corrected chi connectivity index (χ3v) is 9.70. The van der Waals surface area contributed by atoms with Crippen LogP contribution in [0, 0.1) is 35.0 Å². The third-order valence-electron chi connectivity index (χ3n) is 9.70. The molecule has 36 heavy (non-hydrogen) atoms. The summed E-state index contributed by atoms with van der Waals surface area (Å²) in [6.07, 6.45) is 3.26. The Balaban J connectivity index is 1.77. The molecule has 0 aliphatic heterocycles. The molecule has 8 atom stereocenters. The predicted octanol–water partition coefficient (Wildman–Crippen LogP) is 2.64. The summed E-state index contributed by atoms with van der Waals surface area (Å²) in [6.45, 7) is 8.14. The van der Waals surface area contributed by atoms with E-state index in [0.29, 0.717) is 16.7 Å². The number of ketones is 2. The minimum atomic E-state index is -1.93. The maximum atomic E-state index is 14.1. The Hall–Kier alpha value is -2.61. The lowest BCUT2D eigenvalue weighted by Gasteiger charge is -2.53. The van der Waals surface area contributed by atoms with E-state index in [1.165, 1.54) is 6.92 Å². The smallest absolute Gasteiger partial charge is 0.303 e. The highest BCUT2D eigenvalue weighted by Crippen LogP contribution is 2.78. The molecule has 2 fully saturated rings. The van der Waals surface area contributed by atoms with Gasteiger partial charge in [-0.05, 0) is 18.1 Å². The van der Waals surface area contributed by atoms with Crippen LogP contribution in [0.15, 0.2) is 53.6 Å². The van der Waals surface area contributed by atoms with Crippen molar-refractivity contribution in [2.24, 2.45) is 35.0 Å².